The molecular weight excluding hydrogens is 208 g/mol. The average molecular weight is 222 g/mol. The quantitative estimate of drug-likeness (QED) is 0.763. The molecule has 1 aliphatic rings. The van der Waals surface area contributed by atoms with Gasteiger partial charge >= 0.3 is 5.97 Å². The molecule has 0 amide bonds. The van der Waals surface area contributed by atoms with Crippen LogP contribution in [0.3, 0.4) is 0 Å². The van der Waals surface area contributed by atoms with Gasteiger partial charge in [0.2, 0.25) is 0 Å². The molecule has 0 spiro atoms. The van der Waals surface area contributed by atoms with Gasteiger partial charge in [0.25, 0.3) is 0 Å². The second-order valence-electron chi connectivity index (χ2n) is 3.80. The third-order valence-corrected chi connectivity index (χ3v) is 2.57. The zero-order valence-electron chi connectivity index (χ0n) is 8.83. The maximum Gasteiger partial charge on any atom is 0.314 e. The standard InChI is InChI=1S/C12H14O4/c13-11-8-16-12(14)10(11)7-15-6-9-4-2-1-3-5-9/h1-5,10-11,13H,6-8H2. The van der Waals surface area contributed by atoms with E-state index in [1.54, 1.807) is 0 Å². The molecule has 2 atom stereocenters. The first-order valence-corrected chi connectivity index (χ1v) is 5.24. The van der Waals surface area contributed by atoms with Crippen LogP contribution in [0.2, 0.25) is 0 Å². The molecule has 0 radical (unpaired) electrons. The molecule has 0 bridgehead atoms. The molecule has 1 heterocycles. The molecule has 4 nitrogen and oxygen atoms in total. The van der Waals surface area contributed by atoms with E-state index in [1.165, 1.54) is 0 Å². The number of carbonyl (C=O) groups is 1. The minimum absolute atomic E-state index is 0.0815. The zero-order chi connectivity index (χ0) is 11.4. The number of aliphatic hydroxyl groups is 1. The summed E-state index contributed by atoms with van der Waals surface area (Å²) >= 11 is 0. The van der Waals surface area contributed by atoms with Crippen molar-refractivity contribution in [3.63, 3.8) is 0 Å². The topological polar surface area (TPSA) is 55.8 Å². The highest BCUT2D eigenvalue weighted by atomic mass is 16.6. The lowest BCUT2D eigenvalue weighted by molar-refractivity contribution is -0.143. The fourth-order valence-corrected chi connectivity index (χ4v) is 1.60. The Morgan fingerprint density at radius 2 is 2.12 bits per heavy atom. The third kappa shape index (κ3) is 2.59. The second-order valence-corrected chi connectivity index (χ2v) is 3.80. The zero-order valence-corrected chi connectivity index (χ0v) is 8.83. The predicted molar refractivity (Wildman–Crippen MR) is 56.6 cm³/mol. The maximum atomic E-state index is 11.2. The van der Waals surface area contributed by atoms with Crippen molar-refractivity contribution in [1.82, 2.24) is 0 Å². The van der Waals surface area contributed by atoms with Gasteiger partial charge < -0.3 is 14.6 Å². The van der Waals surface area contributed by atoms with Crippen LogP contribution in [0, 0.1) is 5.92 Å². The molecule has 1 aliphatic heterocycles. The molecule has 86 valence electrons. The monoisotopic (exact) mass is 222 g/mol. The summed E-state index contributed by atoms with van der Waals surface area (Å²) < 4.78 is 10.1. The Morgan fingerprint density at radius 1 is 1.38 bits per heavy atom. The van der Waals surface area contributed by atoms with Crippen LogP contribution >= 0.6 is 0 Å². The lowest BCUT2D eigenvalue weighted by atomic mass is 10.1. The van der Waals surface area contributed by atoms with E-state index < -0.39 is 12.0 Å². The Kier molecular flexibility index (Phi) is 3.54. The van der Waals surface area contributed by atoms with E-state index >= 15 is 0 Å². The SMILES string of the molecule is O=C1OCC(O)C1COCc1ccccc1. The molecule has 2 rings (SSSR count). The molecule has 1 N–H and O–H groups in total. The summed E-state index contributed by atoms with van der Waals surface area (Å²) in [6.07, 6.45) is -0.733. The van der Waals surface area contributed by atoms with Crippen molar-refractivity contribution in [2.24, 2.45) is 5.92 Å². The van der Waals surface area contributed by atoms with Crippen molar-refractivity contribution in [2.45, 2.75) is 12.7 Å². The van der Waals surface area contributed by atoms with E-state index in [-0.39, 0.29) is 19.2 Å². The molecule has 1 fully saturated rings. The van der Waals surface area contributed by atoms with E-state index in [1.807, 2.05) is 30.3 Å². The highest BCUT2D eigenvalue weighted by Gasteiger charge is 2.35. The minimum Gasteiger partial charge on any atom is -0.463 e. The van der Waals surface area contributed by atoms with Crippen LogP contribution in [0.15, 0.2) is 30.3 Å². The van der Waals surface area contributed by atoms with Crippen LogP contribution in [0.4, 0.5) is 0 Å². The first-order valence-electron chi connectivity index (χ1n) is 5.24. The first kappa shape index (κ1) is 11.1. The van der Waals surface area contributed by atoms with Crippen molar-refractivity contribution in [1.29, 1.82) is 0 Å². The summed E-state index contributed by atoms with van der Waals surface area (Å²) in [7, 11) is 0. The summed E-state index contributed by atoms with van der Waals surface area (Å²) in [6.45, 7) is 0.727. The Balaban J connectivity index is 1.78. The number of hydrogen-bond donors (Lipinski definition) is 1. The summed E-state index contributed by atoms with van der Waals surface area (Å²) in [5.74, 6) is -0.913. The maximum absolute atomic E-state index is 11.2. The number of benzene rings is 1. The second kappa shape index (κ2) is 5.09. The number of esters is 1. The molecule has 1 saturated heterocycles. The molecule has 1 aromatic carbocycles. The number of ether oxygens (including phenoxy) is 2. The third-order valence-electron chi connectivity index (χ3n) is 2.57. The number of rotatable bonds is 4. The largest absolute Gasteiger partial charge is 0.463 e. The summed E-state index contributed by atoms with van der Waals surface area (Å²) in [4.78, 5) is 11.2. The fourth-order valence-electron chi connectivity index (χ4n) is 1.60. The molecular formula is C12H14O4. The van der Waals surface area contributed by atoms with Gasteiger partial charge in [0.15, 0.2) is 0 Å². The van der Waals surface area contributed by atoms with Gasteiger partial charge in [-0.3, -0.25) is 4.79 Å². The Labute approximate surface area is 93.8 Å². The van der Waals surface area contributed by atoms with E-state index in [0.29, 0.717) is 6.61 Å². The van der Waals surface area contributed by atoms with Gasteiger partial charge in [-0.15, -0.1) is 0 Å². The molecule has 0 saturated carbocycles. The molecule has 0 aliphatic carbocycles. The molecule has 1 aromatic rings. The minimum atomic E-state index is -0.733. The van der Waals surface area contributed by atoms with Crippen LogP contribution < -0.4 is 0 Å². The van der Waals surface area contributed by atoms with Gasteiger partial charge in [-0.05, 0) is 5.56 Å². The number of cyclic esters (lactones) is 1. The van der Waals surface area contributed by atoms with Crippen molar-refractivity contribution < 1.29 is 19.4 Å². The Morgan fingerprint density at radius 3 is 2.75 bits per heavy atom. The molecule has 4 heteroatoms. The van der Waals surface area contributed by atoms with Crippen LogP contribution in [0.5, 0.6) is 0 Å². The van der Waals surface area contributed by atoms with Gasteiger partial charge in [0.1, 0.15) is 18.6 Å². The lowest BCUT2D eigenvalue weighted by Crippen LogP contribution is -2.25. The van der Waals surface area contributed by atoms with Gasteiger partial charge in [-0.1, -0.05) is 30.3 Å². The van der Waals surface area contributed by atoms with Crippen molar-refractivity contribution >= 4 is 5.97 Å². The highest BCUT2D eigenvalue weighted by molar-refractivity contribution is 5.75. The highest BCUT2D eigenvalue weighted by Crippen LogP contribution is 2.16. The van der Waals surface area contributed by atoms with E-state index in [4.69, 9.17) is 9.47 Å². The number of aliphatic hydroxyl groups excluding tert-OH is 1. The van der Waals surface area contributed by atoms with Gasteiger partial charge in [-0.2, -0.15) is 0 Å². The smallest absolute Gasteiger partial charge is 0.314 e. The van der Waals surface area contributed by atoms with Crippen LogP contribution in [-0.2, 0) is 20.9 Å². The first-order chi connectivity index (χ1) is 7.77. The Bertz CT molecular complexity index is 349. The normalized spacial score (nSPS) is 24.4. The van der Waals surface area contributed by atoms with E-state index in [9.17, 15) is 9.90 Å². The van der Waals surface area contributed by atoms with Gasteiger partial charge in [-0.25, -0.2) is 0 Å². The molecule has 0 aromatic heterocycles. The lowest BCUT2D eigenvalue weighted by Gasteiger charge is -2.10. The van der Waals surface area contributed by atoms with E-state index in [2.05, 4.69) is 0 Å². The van der Waals surface area contributed by atoms with Gasteiger partial charge in [0.05, 0.1) is 13.2 Å². The Hall–Kier alpha value is -1.39. The number of hydrogen-bond acceptors (Lipinski definition) is 4. The predicted octanol–water partition coefficient (Wildman–Crippen LogP) is 0.737. The van der Waals surface area contributed by atoms with Crippen LogP contribution in [0.1, 0.15) is 5.56 Å². The van der Waals surface area contributed by atoms with Crippen molar-refractivity contribution in [3.8, 4) is 0 Å². The van der Waals surface area contributed by atoms with E-state index in [0.717, 1.165) is 5.56 Å². The van der Waals surface area contributed by atoms with Crippen molar-refractivity contribution in [2.75, 3.05) is 13.2 Å². The van der Waals surface area contributed by atoms with Crippen LogP contribution in [-0.4, -0.2) is 30.4 Å². The molecule has 16 heavy (non-hydrogen) atoms. The number of carbonyl (C=O) groups excluding carboxylic acids is 1. The summed E-state index contributed by atoms with van der Waals surface area (Å²) in [5.41, 5.74) is 1.04. The van der Waals surface area contributed by atoms with Crippen LogP contribution in [0.25, 0.3) is 0 Å². The van der Waals surface area contributed by atoms with Gasteiger partial charge in [0, 0.05) is 0 Å². The average Bonchev–Trinajstić information content (AvgIpc) is 2.62. The summed E-state index contributed by atoms with van der Waals surface area (Å²) in [5, 5.41) is 9.43. The fraction of sp³-hybridized carbons (Fsp3) is 0.417. The summed E-state index contributed by atoms with van der Waals surface area (Å²) in [6, 6.07) is 9.68. The van der Waals surface area contributed by atoms with Crippen molar-refractivity contribution in [3.05, 3.63) is 35.9 Å². The molecule has 2 unspecified atom stereocenters.